The lowest BCUT2D eigenvalue weighted by atomic mass is 10.00. The molecule has 0 N–H and O–H groups in total. The van der Waals surface area contributed by atoms with Crippen LogP contribution in [-0.4, -0.2) is 4.57 Å². The molecule has 0 fully saturated rings. The van der Waals surface area contributed by atoms with Crippen LogP contribution in [0.4, 0.5) is 34.1 Å². The zero-order chi connectivity index (χ0) is 53.1. The van der Waals surface area contributed by atoms with Crippen LogP contribution in [0.2, 0.25) is 0 Å². The van der Waals surface area contributed by atoms with Crippen LogP contribution in [0.25, 0.3) is 109 Å². The van der Waals surface area contributed by atoms with Gasteiger partial charge in [0.1, 0.15) is 0 Å². The van der Waals surface area contributed by atoms with E-state index in [9.17, 15) is 0 Å². The van der Waals surface area contributed by atoms with Gasteiger partial charge >= 0.3 is 0 Å². The third kappa shape index (κ3) is 8.50. The van der Waals surface area contributed by atoms with Crippen molar-refractivity contribution in [1.82, 2.24) is 4.57 Å². The van der Waals surface area contributed by atoms with Crippen molar-refractivity contribution in [3.8, 4) is 44.5 Å². The summed E-state index contributed by atoms with van der Waals surface area (Å²) < 4.78 is 2.33. The normalized spacial score (nSPS) is 11.6. The number of rotatable bonds is 10. The SMILES string of the molecule is Cn1c2ccc(N(c3ccc(-c4ccc5ccccc5c4)cc3)c3ccc(-c4ccc5ccccc5c4)cc3)cc2c2cc(N(c3ccc(-c4ccc5ccccc5c4)cc3)c3ccc(-c4ccc5ccccc5c4)cc3)ccc21. The minimum atomic E-state index is 1.08. The Hall–Kier alpha value is -10.5. The Bertz CT molecular complexity index is 4270. The highest BCUT2D eigenvalue weighted by Crippen LogP contribution is 2.44. The van der Waals surface area contributed by atoms with Crippen molar-refractivity contribution in [2.24, 2.45) is 7.05 Å². The maximum absolute atomic E-state index is 2.40. The van der Waals surface area contributed by atoms with Crippen molar-refractivity contribution in [2.75, 3.05) is 9.80 Å². The zero-order valence-corrected chi connectivity index (χ0v) is 44.2. The fourth-order valence-electron chi connectivity index (χ4n) is 12.1. The molecule has 0 unspecified atom stereocenters. The minimum absolute atomic E-state index is 1.08. The van der Waals surface area contributed by atoms with Crippen molar-refractivity contribution in [1.29, 1.82) is 0 Å². The maximum atomic E-state index is 2.40. The van der Waals surface area contributed by atoms with Gasteiger partial charge in [-0.3, -0.25) is 0 Å². The molecule has 0 aliphatic carbocycles. The molecule has 0 atom stereocenters. The molecule has 3 nitrogen and oxygen atoms in total. The van der Waals surface area contributed by atoms with Crippen LogP contribution >= 0.6 is 0 Å². The van der Waals surface area contributed by atoms with Crippen LogP contribution in [-0.2, 0) is 7.05 Å². The van der Waals surface area contributed by atoms with Crippen molar-refractivity contribution < 1.29 is 0 Å². The zero-order valence-electron chi connectivity index (χ0n) is 44.2. The van der Waals surface area contributed by atoms with Crippen LogP contribution in [0, 0.1) is 0 Å². The van der Waals surface area contributed by atoms with Gasteiger partial charge in [0, 0.05) is 63.0 Å². The molecule has 0 aliphatic rings. The summed E-state index contributed by atoms with van der Waals surface area (Å²) in [6.07, 6.45) is 0. The number of hydrogen-bond acceptors (Lipinski definition) is 2. The molecule has 0 aliphatic heterocycles. The molecule has 0 amide bonds. The van der Waals surface area contributed by atoms with Gasteiger partial charge in [-0.1, -0.05) is 194 Å². The molecule has 1 aromatic heterocycles. The van der Waals surface area contributed by atoms with E-state index in [-0.39, 0.29) is 0 Å². The van der Waals surface area contributed by atoms with Crippen molar-refractivity contribution in [3.63, 3.8) is 0 Å². The van der Waals surface area contributed by atoms with E-state index in [1.54, 1.807) is 0 Å². The molecule has 376 valence electrons. The Balaban J connectivity index is 0.843. The predicted molar refractivity (Wildman–Crippen MR) is 342 cm³/mol. The van der Waals surface area contributed by atoms with E-state index < -0.39 is 0 Å². The van der Waals surface area contributed by atoms with Gasteiger partial charge in [0.05, 0.1) is 0 Å². The Morgan fingerprint density at radius 2 is 0.425 bits per heavy atom. The van der Waals surface area contributed by atoms with Crippen LogP contribution in [0.3, 0.4) is 0 Å². The lowest BCUT2D eigenvalue weighted by molar-refractivity contribution is 1.01. The van der Waals surface area contributed by atoms with E-state index in [4.69, 9.17) is 0 Å². The van der Waals surface area contributed by atoms with Gasteiger partial charge in [-0.2, -0.15) is 0 Å². The number of anilines is 6. The first-order chi connectivity index (χ1) is 39.5. The maximum Gasteiger partial charge on any atom is 0.0490 e. The number of benzene rings is 14. The fraction of sp³-hybridized carbons (Fsp3) is 0.0130. The van der Waals surface area contributed by atoms with Crippen molar-refractivity contribution >= 4 is 99.0 Å². The van der Waals surface area contributed by atoms with E-state index in [1.807, 2.05) is 0 Å². The minimum Gasteiger partial charge on any atom is -0.344 e. The summed E-state index contributed by atoms with van der Waals surface area (Å²) in [5.74, 6) is 0. The summed E-state index contributed by atoms with van der Waals surface area (Å²) in [4.78, 5) is 4.80. The average Bonchev–Trinajstić information content (AvgIpc) is 3.84. The molecule has 0 bridgehead atoms. The second-order valence-corrected chi connectivity index (χ2v) is 21.1. The highest BCUT2D eigenvalue weighted by atomic mass is 15.1. The second-order valence-electron chi connectivity index (χ2n) is 21.1. The predicted octanol–water partition coefficient (Wildman–Crippen LogP) is 21.6. The van der Waals surface area contributed by atoms with Gasteiger partial charge in [0.15, 0.2) is 0 Å². The van der Waals surface area contributed by atoms with Crippen LogP contribution < -0.4 is 9.80 Å². The third-order valence-corrected chi connectivity index (χ3v) is 16.3. The molecular formula is C77H53N3. The summed E-state index contributed by atoms with van der Waals surface area (Å²) in [6.45, 7) is 0. The lowest BCUT2D eigenvalue weighted by Gasteiger charge is -2.26. The highest BCUT2D eigenvalue weighted by molar-refractivity contribution is 6.11. The van der Waals surface area contributed by atoms with Crippen LogP contribution in [0.15, 0.2) is 303 Å². The Morgan fingerprint density at radius 1 is 0.200 bits per heavy atom. The van der Waals surface area contributed by atoms with Crippen LogP contribution in [0.5, 0.6) is 0 Å². The topological polar surface area (TPSA) is 11.4 Å². The van der Waals surface area contributed by atoms with Crippen molar-refractivity contribution in [2.45, 2.75) is 0 Å². The molecule has 80 heavy (non-hydrogen) atoms. The summed E-state index contributed by atoms with van der Waals surface area (Å²) in [6, 6.07) is 111. The summed E-state index contributed by atoms with van der Waals surface area (Å²) in [5, 5.41) is 12.3. The fourth-order valence-corrected chi connectivity index (χ4v) is 12.1. The largest absolute Gasteiger partial charge is 0.344 e. The first-order valence-electron chi connectivity index (χ1n) is 27.5. The number of aromatic nitrogens is 1. The molecule has 0 saturated carbocycles. The van der Waals surface area contributed by atoms with Gasteiger partial charge < -0.3 is 14.4 Å². The number of hydrogen-bond donors (Lipinski definition) is 0. The van der Waals surface area contributed by atoms with Gasteiger partial charge in [-0.05, 0) is 197 Å². The lowest BCUT2D eigenvalue weighted by Crippen LogP contribution is -2.10. The van der Waals surface area contributed by atoms with Crippen LogP contribution in [0.1, 0.15) is 0 Å². The van der Waals surface area contributed by atoms with Gasteiger partial charge in [0.25, 0.3) is 0 Å². The summed E-state index contributed by atoms with van der Waals surface area (Å²) in [7, 11) is 2.19. The van der Waals surface area contributed by atoms with Crippen molar-refractivity contribution in [3.05, 3.63) is 303 Å². The molecule has 0 saturated heterocycles. The number of fused-ring (bicyclic) bond motifs is 7. The van der Waals surface area contributed by atoms with Gasteiger partial charge in [-0.15, -0.1) is 0 Å². The summed E-state index contributed by atoms with van der Waals surface area (Å²) >= 11 is 0. The van der Waals surface area contributed by atoms with E-state index in [2.05, 4.69) is 325 Å². The molecule has 0 spiro atoms. The average molecular weight is 1020 g/mol. The molecule has 15 aromatic rings. The molecule has 0 radical (unpaired) electrons. The molecular weight excluding hydrogens is 967 g/mol. The number of nitrogens with zero attached hydrogens (tertiary/aromatic N) is 3. The quantitative estimate of drug-likeness (QED) is 0.135. The third-order valence-electron chi connectivity index (χ3n) is 16.3. The Kier molecular flexibility index (Phi) is 11.4. The first kappa shape index (κ1) is 46.8. The monoisotopic (exact) mass is 1020 g/mol. The second kappa shape index (κ2) is 19.5. The molecule has 3 heteroatoms. The van der Waals surface area contributed by atoms with E-state index in [0.717, 1.165) is 34.1 Å². The Labute approximate surface area is 465 Å². The van der Waals surface area contributed by atoms with Gasteiger partial charge in [-0.25, -0.2) is 0 Å². The first-order valence-corrected chi connectivity index (χ1v) is 27.5. The smallest absolute Gasteiger partial charge is 0.0490 e. The molecule has 15 rings (SSSR count). The Morgan fingerprint density at radius 3 is 0.688 bits per heavy atom. The van der Waals surface area contributed by atoms with E-state index in [1.165, 1.54) is 109 Å². The standard InChI is InChI=1S/C77H53N3/c1-78-76-44-42-72(79(68-34-26-56(27-35-68)64-22-18-52-10-2-6-14-60(52)46-64)69-36-28-57(29-37-69)65-23-19-53-11-3-7-15-61(53)47-65)50-74(76)75-51-73(43-45-77(75)78)80(70-38-30-58(31-39-70)66-24-20-54-12-4-8-16-62(54)48-66)71-40-32-59(33-41-71)67-25-21-55-13-5-9-17-63(55)49-67/h2-51H,1H3. The molecule has 14 aromatic carbocycles. The summed E-state index contributed by atoms with van der Waals surface area (Å²) in [5.41, 5.74) is 18.4. The van der Waals surface area contributed by atoms with E-state index >= 15 is 0 Å². The van der Waals surface area contributed by atoms with E-state index in [0.29, 0.717) is 0 Å². The molecule has 1 heterocycles. The number of aryl methyl sites for hydroxylation is 1. The highest BCUT2D eigenvalue weighted by Gasteiger charge is 2.20. The van der Waals surface area contributed by atoms with Gasteiger partial charge in [0.2, 0.25) is 0 Å².